The van der Waals surface area contributed by atoms with E-state index in [2.05, 4.69) is 118 Å². The van der Waals surface area contributed by atoms with Crippen molar-refractivity contribution in [3.63, 3.8) is 0 Å². The third-order valence-electron chi connectivity index (χ3n) is 12.2. The molecule has 0 aromatic rings. The maximum Gasteiger partial charge on any atom is 0.335 e. The van der Waals surface area contributed by atoms with E-state index in [0.29, 0.717) is 19.3 Å². The SMILES string of the molecule is CC/C=C\C/C=C\C/C=C\C/C=C\C/C=C\CCCCCC(=O)OCC(COC1OC(C(=O)O)C(O)C(O)C1OC(=O)CCCCCCCCCCCCC)OC(=O)CCCCC/C=C\C/C=C\C/C=C\CC. The minimum atomic E-state index is -1.91. The van der Waals surface area contributed by atoms with Gasteiger partial charge in [-0.2, -0.15) is 0 Å². The van der Waals surface area contributed by atoms with E-state index in [0.717, 1.165) is 116 Å². The molecule has 3 N–H and O–H groups in total. The number of unbranched alkanes of at least 4 members (excludes halogenated alkanes) is 16. The van der Waals surface area contributed by atoms with E-state index < -0.39 is 67.3 Å². The van der Waals surface area contributed by atoms with Crippen molar-refractivity contribution >= 4 is 23.9 Å². The van der Waals surface area contributed by atoms with Gasteiger partial charge in [-0.3, -0.25) is 14.4 Å². The number of allylic oxidation sites excluding steroid dienone is 16. The summed E-state index contributed by atoms with van der Waals surface area (Å²) in [6.07, 6.45) is 51.1. The van der Waals surface area contributed by atoms with Gasteiger partial charge in [-0.05, 0) is 96.3 Å². The number of carbonyl (C=O) groups excluding carboxylic acids is 3. The number of ether oxygens (including phenoxy) is 5. The lowest BCUT2D eigenvalue weighted by atomic mass is 9.98. The molecule has 1 aliphatic heterocycles. The topological polar surface area (TPSA) is 175 Å². The van der Waals surface area contributed by atoms with Gasteiger partial charge in [0, 0.05) is 19.3 Å². The van der Waals surface area contributed by atoms with Crippen LogP contribution in [0.25, 0.3) is 0 Å². The molecule has 414 valence electrons. The molecule has 73 heavy (non-hydrogen) atoms. The molecule has 6 unspecified atom stereocenters. The number of hydrogen-bond donors (Lipinski definition) is 3. The van der Waals surface area contributed by atoms with Crippen LogP contribution in [-0.2, 0) is 42.9 Å². The molecule has 0 amide bonds. The fourth-order valence-electron chi connectivity index (χ4n) is 7.88. The van der Waals surface area contributed by atoms with Crippen molar-refractivity contribution < 1.29 is 58.2 Å². The summed E-state index contributed by atoms with van der Waals surface area (Å²) in [6.45, 7) is 5.68. The Morgan fingerprint density at radius 2 is 0.863 bits per heavy atom. The summed E-state index contributed by atoms with van der Waals surface area (Å²) in [5.74, 6) is -3.21. The van der Waals surface area contributed by atoms with E-state index in [9.17, 15) is 34.5 Å². The summed E-state index contributed by atoms with van der Waals surface area (Å²) in [5, 5.41) is 31.4. The minimum Gasteiger partial charge on any atom is -0.479 e. The summed E-state index contributed by atoms with van der Waals surface area (Å²) in [6, 6.07) is 0. The average Bonchev–Trinajstić information content (AvgIpc) is 3.37. The van der Waals surface area contributed by atoms with Crippen LogP contribution in [0.5, 0.6) is 0 Å². The fraction of sp³-hybridized carbons (Fsp3) is 0.672. The van der Waals surface area contributed by atoms with Crippen molar-refractivity contribution in [1.82, 2.24) is 0 Å². The average molecular weight is 1020 g/mol. The second kappa shape index (κ2) is 48.6. The molecule has 1 fully saturated rings. The molecule has 1 rings (SSSR count). The lowest BCUT2D eigenvalue weighted by Crippen LogP contribution is -2.61. The fourth-order valence-corrected chi connectivity index (χ4v) is 7.88. The second-order valence-corrected chi connectivity index (χ2v) is 18.8. The van der Waals surface area contributed by atoms with Gasteiger partial charge in [0.15, 0.2) is 24.6 Å². The highest BCUT2D eigenvalue weighted by molar-refractivity contribution is 5.74. The van der Waals surface area contributed by atoms with Crippen LogP contribution in [0.2, 0.25) is 0 Å². The van der Waals surface area contributed by atoms with Crippen LogP contribution in [0, 0.1) is 0 Å². The van der Waals surface area contributed by atoms with Crippen molar-refractivity contribution in [2.75, 3.05) is 13.2 Å². The van der Waals surface area contributed by atoms with Gasteiger partial charge in [0.2, 0.25) is 0 Å². The van der Waals surface area contributed by atoms with E-state index >= 15 is 0 Å². The smallest absolute Gasteiger partial charge is 0.335 e. The van der Waals surface area contributed by atoms with Crippen molar-refractivity contribution in [2.45, 2.75) is 250 Å². The zero-order chi connectivity index (χ0) is 53.3. The highest BCUT2D eigenvalue weighted by Gasteiger charge is 2.50. The van der Waals surface area contributed by atoms with Gasteiger partial charge in [0.25, 0.3) is 0 Å². The lowest BCUT2D eigenvalue weighted by Gasteiger charge is -2.40. The zero-order valence-corrected chi connectivity index (χ0v) is 45.3. The largest absolute Gasteiger partial charge is 0.479 e. The standard InChI is InChI=1S/C61H98O12/c1-4-7-10-13-16-19-22-24-25-26-27-28-29-31-33-35-38-41-44-47-53(62)69-50-52(71-54(63)48-45-42-39-37-34-30-23-20-17-14-11-8-5-2)51-70-61-59(57(66)56(65)58(73-61)60(67)68)72-55(64)49-46-43-40-36-32-21-18-15-12-9-6-3/h7-8,10-11,16-17,19-20,24-25,27-28,30-31,33-34,52,56-59,61,65-66H,4-6,9,12-15,18,21-23,26,29,32,35-51H2,1-3H3,(H,67,68)/b10-7-,11-8-,19-16-,20-17-,25-24-,28-27-,33-31-,34-30-. The Kier molecular flexibility index (Phi) is 44.4. The van der Waals surface area contributed by atoms with Gasteiger partial charge in [-0.15, -0.1) is 0 Å². The van der Waals surface area contributed by atoms with Gasteiger partial charge in [0.05, 0.1) is 6.61 Å². The first-order valence-electron chi connectivity index (χ1n) is 28.2. The lowest BCUT2D eigenvalue weighted by molar-refractivity contribution is -0.301. The summed E-state index contributed by atoms with van der Waals surface area (Å²) in [4.78, 5) is 51.0. The number of aliphatic hydroxyl groups excluding tert-OH is 2. The van der Waals surface area contributed by atoms with Gasteiger partial charge in [-0.1, -0.05) is 195 Å². The van der Waals surface area contributed by atoms with Gasteiger partial charge in [0.1, 0.15) is 18.8 Å². The molecule has 0 bridgehead atoms. The first-order chi connectivity index (χ1) is 35.6. The molecule has 0 saturated carbocycles. The number of rotatable bonds is 46. The molecule has 1 heterocycles. The molecule has 6 atom stereocenters. The number of aliphatic hydroxyl groups is 2. The maximum absolute atomic E-state index is 13.1. The third kappa shape index (κ3) is 38.8. The zero-order valence-electron chi connectivity index (χ0n) is 45.3. The first-order valence-corrected chi connectivity index (χ1v) is 28.2. The van der Waals surface area contributed by atoms with Crippen LogP contribution in [0.3, 0.4) is 0 Å². The van der Waals surface area contributed by atoms with E-state index in [1.165, 1.54) is 38.5 Å². The van der Waals surface area contributed by atoms with E-state index in [1.54, 1.807) is 0 Å². The summed E-state index contributed by atoms with van der Waals surface area (Å²) in [5.41, 5.74) is 0. The predicted molar refractivity (Wildman–Crippen MR) is 294 cm³/mol. The number of aliphatic carboxylic acids is 1. The monoisotopic (exact) mass is 1020 g/mol. The Bertz CT molecular complexity index is 1640. The molecule has 0 aliphatic carbocycles. The normalized spacial score (nSPS) is 19.1. The maximum atomic E-state index is 13.1. The minimum absolute atomic E-state index is 0.0514. The van der Waals surface area contributed by atoms with E-state index in [4.69, 9.17) is 23.7 Å². The molecule has 0 aromatic heterocycles. The predicted octanol–water partition coefficient (Wildman–Crippen LogP) is 14.1. The molecule has 12 nitrogen and oxygen atoms in total. The Hall–Kier alpha value is -4.36. The number of esters is 3. The van der Waals surface area contributed by atoms with Gasteiger partial charge >= 0.3 is 23.9 Å². The molecular weight excluding hydrogens is 925 g/mol. The first kappa shape index (κ1) is 66.7. The van der Waals surface area contributed by atoms with Crippen LogP contribution >= 0.6 is 0 Å². The third-order valence-corrected chi connectivity index (χ3v) is 12.2. The summed E-state index contributed by atoms with van der Waals surface area (Å²) in [7, 11) is 0. The Morgan fingerprint density at radius 3 is 1.32 bits per heavy atom. The molecule has 0 spiro atoms. The Labute approximate surface area is 441 Å². The van der Waals surface area contributed by atoms with Gasteiger partial charge in [-0.25, -0.2) is 4.79 Å². The Balaban J connectivity index is 2.74. The summed E-state index contributed by atoms with van der Waals surface area (Å²) >= 11 is 0. The Morgan fingerprint density at radius 1 is 0.466 bits per heavy atom. The number of carboxylic acids is 1. The van der Waals surface area contributed by atoms with Crippen molar-refractivity contribution in [3.05, 3.63) is 97.2 Å². The van der Waals surface area contributed by atoms with Crippen molar-refractivity contribution in [3.8, 4) is 0 Å². The molecule has 12 heteroatoms. The van der Waals surface area contributed by atoms with Crippen LogP contribution in [0.1, 0.15) is 213 Å². The van der Waals surface area contributed by atoms with Gasteiger partial charge < -0.3 is 39.0 Å². The van der Waals surface area contributed by atoms with Crippen molar-refractivity contribution in [1.29, 1.82) is 0 Å². The van der Waals surface area contributed by atoms with Crippen LogP contribution < -0.4 is 0 Å². The molecule has 1 saturated heterocycles. The number of carbonyl (C=O) groups is 4. The van der Waals surface area contributed by atoms with Crippen LogP contribution in [0.4, 0.5) is 0 Å². The van der Waals surface area contributed by atoms with E-state index in [1.807, 2.05) is 0 Å². The highest BCUT2D eigenvalue weighted by Crippen LogP contribution is 2.26. The van der Waals surface area contributed by atoms with Crippen LogP contribution in [-0.4, -0.2) is 89.2 Å². The molecular formula is C61H98O12. The van der Waals surface area contributed by atoms with Crippen molar-refractivity contribution in [2.24, 2.45) is 0 Å². The molecule has 0 aromatic carbocycles. The molecule has 1 aliphatic rings. The molecule has 0 radical (unpaired) electrons. The number of hydrogen-bond acceptors (Lipinski definition) is 11. The number of carboxylic acid groups (broad SMARTS) is 1. The van der Waals surface area contributed by atoms with Crippen LogP contribution in [0.15, 0.2) is 97.2 Å². The summed E-state index contributed by atoms with van der Waals surface area (Å²) < 4.78 is 28.3. The highest BCUT2D eigenvalue weighted by atomic mass is 16.7. The van der Waals surface area contributed by atoms with E-state index in [-0.39, 0.29) is 25.9 Å². The quantitative estimate of drug-likeness (QED) is 0.0228. The second-order valence-electron chi connectivity index (χ2n) is 18.8.